The van der Waals surface area contributed by atoms with Gasteiger partial charge in [-0.2, -0.15) is 13.2 Å². The molecule has 1 rings (SSSR count). The highest BCUT2D eigenvalue weighted by Gasteiger charge is 2.31. The molecule has 0 aliphatic heterocycles. The smallest absolute Gasteiger partial charge is 0.325 e. The van der Waals surface area contributed by atoms with Gasteiger partial charge in [0, 0.05) is 10.7 Å². The average Bonchev–Trinajstić information content (AvgIpc) is 2.13. The molecule has 100 valence electrons. The van der Waals surface area contributed by atoms with Crippen molar-refractivity contribution in [2.24, 2.45) is 0 Å². The normalized spacial score (nSPS) is 12.4. The van der Waals surface area contributed by atoms with Gasteiger partial charge in [-0.1, -0.05) is 27.5 Å². The van der Waals surface area contributed by atoms with Crippen LogP contribution in [-0.4, -0.2) is 10.2 Å². The molecule has 18 heavy (non-hydrogen) atoms. The molecular weight excluding hydrogens is 334 g/mol. The number of halogens is 5. The lowest BCUT2D eigenvalue weighted by atomic mass is 10.1. The third-order valence-corrected chi connectivity index (χ3v) is 2.60. The Morgan fingerprint density at radius 1 is 1.28 bits per heavy atom. The number of hydrogen-bond acceptors (Lipinski definition) is 1. The maximum absolute atomic E-state index is 12.5. The first-order valence-electron chi connectivity index (χ1n) is 4.88. The maximum Gasteiger partial charge on any atom is 0.416 e. The average molecular weight is 345 g/mol. The van der Waals surface area contributed by atoms with Gasteiger partial charge in [0.1, 0.15) is 0 Å². The first-order valence-corrected chi connectivity index (χ1v) is 6.05. The van der Waals surface area contributed by atoms with Gasteiger partial charge in [-0.25, -0.2) is 0 Å². The lowest BCUT2D eigenvalue weighted by Gasteiger charge is -2.17. The van der Waals surface area contributed by atoms with Gasteiger partial charge in [0.25, 0.3) is 0 Å². The van der Waals surface area contributed by atoms with Crippen molar-refractivity contribution in [2.75, 3.05) is 5.32 Å². The highest BCUT2D eigenvalue weighted by Crippen LogP contribution is 2.33. The van der Waals surface area contributed by atoms with Crippen LogP contribution in [0.25, 0.3) is 0 Å². The quantitative estimate of drug-likeness (QED) is 0.788. The van der Waals surface area contributed by atoms with E-state index in [9.17, 15) is 18.0 Å². The van der Waals surface area contributed by atoms with Crippen molar-refractivity contribution in [3.8, 4) is 0 Å². The number of benzene rings is 1. The van der Waals surface area contributed by atoms with Crippen LogP contribution in [0.4, 0.5) is 18.9 Å². The van der Waals surface area contributed by atoms with E-state index in [4.69, 9.17) is 11.6 Å². The fraction of sp³-hybridized carbons (Fsp3) is 0.364. The van der Waals surface area contributed by atoms with E-state index in [1.807, 2.05) is 0 Å². The van der Waals surface area contributed by atoms with E-state index < -0.39 is 22.0 Å². The molecular formula is C11H10BrClF3NO. The maximum atomic E-state index is 12.5. The van der Waals surface area contributed by atoms with Gasteiger partial charge >= 0.3 is 6.18 Å². The number of nitrogens with one attached hydrogen (secondary N) is 1. The van der Waals surface area contributed by atoms with Gasteiger partial charge < -0.3 is 5.32 Å². The van der Waals surface area contributed by atoms with Crippen molar-refractivity contribution >= 4 is 39.1 Å². The highest BCUT2D eigenvalue weighted by atomic mass is 79.9. The fourth-order valence-electron chi connectivity index (χ4n) is 1.11. The van der Waals surface area contributed by atoms with Crippen molar-refractivity contribution in [1.82, 2.24) is 0 Å². The van der Waals surface area contributed by atoms with Crippen LogP contribution in [0.2, 0.25) is 5.02 Å². The number of amides is 1. The molecule has 2 nitrogen and oxygen atoms in total. The van der Waals surface area contributed by atoms with Gasteiger partial charge in [-0.3, -0.25) is 4.79 Å². The second kappa shape index (κ2) is 5.09. The molecule has 0 aliphatic rings. The minimum Gasteiger partial charge on any atom is -0.325 e. The first-order chi connectivity index (χ1) is 8.00. The van der Waals surface area contributed by atoms with Crippen molar-refractivity contribution in [1.29, 1.82) is 0 Å². The van der Waals surface area contributed by atoms with Crippen LogP contribution >= 0.6 is 27.5 Å². The molecule has 1 aromatic rings. The summed E-state index contributed by atoms with van der Waals surface area (Å²) < 4.78 is 36.7. The van der Waals surface area contributed by atoms with E-state index in [1.165, 1.54) is 6.07 Å². The second-order valence-corrected chi connectivity index (χ2v) is 6.57. The lowest BCUT2D eigenvalue weighted by molar-refractivity contribution is -0.137. The third-order valence-electron chi connectivity index (χ3n) is 2.02. The molecule has 0 saturated carbocycles. The van der Waals surface area contributed by atoms with Crippen LogP contribution in [0.1, 0.15) is 19.4 Å². The summed E-state index contributed by atoms with van der Waals surface area (Å²) in [7, 11) is 0. The van der Waals surface area contributed by atoms with Gasteiger partial charge in [0.15, 0.2) is 0 Å². The van der Waals surface area contributed by atoms with Crippen molar-refractivity contribution in [3.05, 3.63) is 28.8 Å². The van der Waals surface area contributed by atoms with Gasteiger partial charge in [-0.15, -0.1) is 0 Å². The van der Waals surface area contributed by atoms with E-state index in [-0.39, 0.29) is 10.7 Å². The van der Waals surface area contributed by atoms with Crippen molar-refractivity contribution < 1.29 is 18.0 Å². The Morgan fingerprint density at radius 2 is 1.83 bits per heavy atom. The van der Waals surface area contributed by atoms with Crippen LogP contribution in [0.5, 0.6) is 0 Å². The number of carbonyl (C=O) groups is 1. The molecule has 0 radical (unpaired) electrons. The van der Waals surface area contributed by atoms with E-state index >= 15 is 0 Å². The van der Waals surface area contributed by atoms with E-state index in [1.54, 1.807) is 13.8 Å². The van der Waals surface area contributed by atoms with E-state index in [0.717, 1.165) is 12.1 Å². The lowest BCUT2D eigenvalue weighted by Crippen LogP contribution is -2.31. The Hall–Kier alpha value is -0.750. The standard InChI is InChI=1S/C11H10BrClF3NO/c1-10(2,12)9(18)17-8-4-6(11(14,15)16)3-7(13)5-8/h3-5H,1-2H3,(H,17,18). The third kappa shape index (κ3) is 4.17. The SMILES string of the molecule is CC(C)(Br)C(=O)Nc1cc(Cl)cc(C(F)(F)F)c1. The molecule has 0 atom stereocenters. The van der Waals surface area contributed by atoms with Crippen molar-refractivity contribution in [2.45, 2.75) is 24.3 Å². The Bertz CT molecular complexity index is 468. The summed E-state index contributed by atoms with van der Waals surface area (Å²) in [5.74, 6) is -0.460. The summed E-state index contributed by atoms with van der Waals surface area (Å²) in [6.07, 6.45) is -4.51. The van der Waals surface area contributed by atoms with Crippen LogP contribution < -0.4 is 5.32 Å². The largest absolute Gasteiger partial charge is 0.416 e. The van der Waals surface area contributed by atoms with Crippen LogP contribution in [0.15, 0.2) is 18.2 Å². The fourth-order valence-corrected chi connectivity index (χ4v) is 1.44. The molecule has 0 unspecified atom stereocenters. The predicted octanol–water partition coefficient (Wildman–Crippen LogP) is 4.47. The van der Waals surface area contributed by atoms with Crippen molar-refractivity contribution in [3.63, 3.8) is 0 Å². The van der Waals surface area contributed by atoms with Gasteiger partial charge in [0.05, 0.1) is 9.89 Å². The summed E-state index contributed by atoms with van der Waals surface area (Å²) in [4.78, 5) is 11.6. The summed E-state index contributed by atoms with van der Waals surface area (Å²) in [5, 5.41) is 2.27. The number of alkyl halides is 4. The number of rotatable bonds is 2. The summed E-state index contributed by atoms with van der Waals surface area (Å²) in [5.41, 5.74) is -0.898. The Balaban J connectivity index is 3.05. The van der Waals surface area contributed by atoms with Gasteiger partial charge in [-0.05, 0) is 32.0 Å². The Labute approximate surface area is 116 Å². The van der Waals surface area contributed by atoms with E-state index in [2.05, 4.69) is 21.2 Å². The molecule has 0 fully saturated rings. The van der Waals surface area contributed by atoms with Crippen LogP contribution in [0.3, 0.4) is 0 Å². The zero-order valence-electron chi connectivity index (χ0n) is 9.53. The molecule has 0 aliphatic carbocycles. The van der Waals surface area contributed by atoms with Crippen LogP contribution in [0, 0.1) is 0 Å². The molecule has 7 heteroatoms. The second-order valence-electron chi connectivity index (χ2n) is 4.15. The van der Waals surface area contributed by atoms with Crippen LogP contribution in [-0.2, 0) is 11.0 Å². The number of carbonyl (C=O) groups excluding carboxylic acids is 1. The number of hydrogen-bond donors (Lipinski definition) is 1. The highest BCUT2D eigenvalue weighted by molar-refractivity contribution is 9.10. The molecule has 0 spiro atoms. The summed E-state index contributed by atoms with van der Waals surface area (Å²) >= 11 is 8.70. The summed E-state index contributed by atoms with van der Waals surface area (Å²) in [6.45, 7) is 3.16. The molecule has 0 bridgehead atoms. The molecule has 0 heterocycles. The van der Waals surface area contributed by atoms with Gasteiger partial charge in [0.2, 0.25) is 5.91 Å². The minimum absolute atomic E-state index is 0.00681. The molecule has 1 amide bonds. The molecule has 0 saturated heterocycles. The zero-order valence-corrected chi connectivity index (χ0v) is 11.9. The monoisotopic (exact) mass is 343 g/mol. The topological polar surface area (TPSA) is 29.1 Å². The predicted molar refractivity (Wildman–Crippen MR) is 68.1 cm³/mol. The zero-order chi connectivity index (χ0) is 14.1. The Kier molecular flexibility index (Phi) is 4.33. The molecule has 0 aromatic heterocycles. The minimum atomic E-state index is -4.51. The molecule has 1 aromatic carbocycles. The first kappa shape index (κ1) is 15.3. The van der Waals surface area contributed by atoms with E-state index in [0.29, 0.717) is 0 Å². The summed E-state index contributed by atoms with van der Waals surface area (Å²) in [6, 6.07) is 2.90. The number of anilines is 1. The molecule has 1 N–H and O–H groups in total. The Morgan fingerprint density at radius 3 is 2.28 bits per heavy atom.